The third-order valence-corrected chi connectivity index (χ3v) is 3.37. The third kappa shape index (κ3) is 5.92. The molecule has 2 rings (SSSR count). The van der Waals surface area contributed by atoms with Gasteiger partial charge in [0.15, 0.2) is 0 Å². The summed E-state index contributed by atoms with van der Waals surface area (Å²) in [6, 6.07) is 17.5. The zero-order valence-electron chi connectivity index (χ0n) is 12.8. The molecule has 120 valence electrons. The van der Waals surface area contributed by atoms with Crippen LogP contribution < -0.4 is 10.6 Å². The van der Waals surface area contributed by atoms with Crippen LogP contribution in [0.1, 0.15) is 17.5 Å². The molecule has 5 heteroatoms. The van der Waals surface area contributed by atoms with E-state index in [1.807, 2.05) is 30.3 Å². The van der Waals surface area contributed by atoms with Crippen molar-refractivity contribution in [3.63, 3.8) is 0 Å². The number of amides is 1. The van der Waals surface area contributed by atoms with Crippen LogP contribution in [0.25, 0.3) is 0 Å². The standard InChI is InChI=1S/C18H20N2O3/c21-17(18(22)23)20-16-10-4-8-14(12-16)9-5-11-19-13-15-6-2-1-3-7-15/h1-4,6-8,10,12,19H,5,9,11,13H2,(H,20,21)(H,22,23). The number of anilines is 1. The van der Waals surface area contributed by atoms with E-state index in [1.165, 1.54) is 5.56 Å². The first-order chi connectivity index (χ1) is 11.1. The van der Waals surface area contributed by atoms with Gasteiger partial charge in [0.05, 0.1) is 0 Å². The van der Waals surface area contributed by atoms with E-state index in [2.05, 4.69) is 22.8 Å². The van der Waals surface area contributed by atoms with Gasteiger partial charge in [-0.05, 0) is 42.6 Å². The number of carbonyl (C=O) groups is 2. The zero-order chi connectivity index (χ0) is 16.5. The van der Waals surface area contributed by atoms with Crippen LogP contribution in [-0.2, 0) is 22.6 Å². The summed E-state index contributed by atoms with van der Waals surface area (Å²) >= 11 is 0. The third-order valence-electron chi connectivity index (χ3n) is 3.37. The average molecular weight is 312 g/mol. The van der Waals surface area contributed by atoms with Gasteiger partial charge in [0.2, 0.25) is 0 Å². The predicted octanol–water partition coefficient (Wildman–Crippen LogP) is 2.43. The van der Waals surface area contributed by atoms with Crippen LogP contribution in [-0.4, -0.2) is 23.5 Å². The van der Waals surface area contributed by atoms with Gasteiger partial charge in [-0.2, -0.15) is 0 Å². The minimum atomic E-state index is -1.49. The summed E-state index contributed by atoms with van der Waals surface area (Å²) in [7, 11) is 0. The minimum Gasteiger partial charge on any atom is -0.474 e. The molecule has 23 heavy (non-hydrogen) atoms. The van der Waals surface area contributed by atoms with Gasteiger partial charge in [-0.1, -0.05) is 42.5 Å². The summed E-state index contributed by atoms with van der Waals surface area (Å²) in [5.41, 5.74) is 2.83. The fourth-order valence-corrected chi connectivity index (χ4v) is 2.24. The van der Waals surface area contributed by atoms with Crippen molar-refractivity contribution in [3.05, 3.63) is 65.7 Å². The van der Waals surface area contributed by atoms with Crippen molar-refractivity contribution in [2.75, 3.05) is 11.9 Å². The van der Waals surface area contributed by atoms with Gasteiger partial charge in [0.25, 0.3) is 0 Å². The quantitative estimate of drug-likeness (QED) is 0.542. The van der Waals surface area contributed by atoms with Crippen molar-refractivity contribution in [2.45, 2.75) is 19.4 Å². The minimum absolute atomic E-state index is 0.507. The van der Waals surface area contributed by atoms with E-state index in [1.54, 1.807) is 12.1 Å². The molecule has 0 aliphatic heterocycles. The molecule has 1 amide bonds. The molecule has 0 bridgehead atoms. The van der Waals surface area contributed by atoms with E-state index in [-0.39, 0.29) is 0 Å². The van der Waals surface area contributed by atoms with Crippen molar-refractivity contribution in [2.24, 2.45) is 0 Å². The molecule has 0 fully saturated rings. The maximum atomic E-state index is 11.1. The van der Waals surface area contributed by atoms with Crippen molar-refractivity contribution >= 4 is 17.6 Å². The first-order valence-electron chi connectivity index (χ1n) is 7.53. The average Bonchev–Trinajstić information content (AvgIpc) is 2.56. The van der Waals surface area contributed by atoms with Gasteiger partial charge in [-0.15, -0.1) is 0 Å². The molecule has 2 aromatic rings. The molecule has 0 saturated heterocycles. The highest BCUT2D eigenvalue weighted by atomic mass is 16.4. The number of aryl methyl sites for hydroxylation is 1. The van der Waals surface area contributed by atoms with Crippen LogP contribution in [0.15, 0.2) is 54.6 Å². The van der Waals surface area contributed by atoms with Crippen molar-refractivity contribution in [1.29, 1.82) is 0 Å². The Hall–Kier alpha value is -2.66. The van der Waals surface area contributed by atoms with Gasteiger partial charge in [0, 0.05) is 12.2 Å². The van der Waals surface area contributed by atoms with Crippen molar-refractivity contribution in [1.82, 2.24) is 5.32 Å². The number of nitrogens with one attached hydrogen (secondary N) is 2. The Balaban J connectivity index is 1.73. The number of hydrogen-bond donors (Lipinski definition) is 3. The first kappa shape index (κ1) is 16.7. The number of carboxylic acid groups (broad SMARTS) is 1. The summed E-state index contributed by atoms with van der Waals surface area (Å²) in [6.07, 6.45) is 1.82. The van der Waals surface area contributed by atoms with E-state index in [9.17, 15) is 9.59 Å². The highest BCUT2D eigenvalue weighted by Crippen LogP contribution is 2.12. The van der Waals surface area contributed by atoms with E-state index in [4.69, 9.17) is 5.11 Å². The lowest BCUT2D eigenvalue weighted by molar-refractivity contribution is -0.147. The molecule has 2 aromatic carbocycles. The molecule has 0 atom stereocenters. The molecule has 0 spiro atoms. The van der Waals surface area contributed by atoms with E-state index in [0.717, 1.165) is 31.5 Å². The van der Waals surface area contributed by atoms with E-state index in [0.29, 0.717) is 5.69 Å². The topological polar surface area (TPSA) is 78.4 Å². The summed E-state index contributed by atoms with van der Waals surface area (Å²) in [4.78, 5) is 21.7. The first-order valence-corrected chi connectivity index (χ1v) is 7.53. The van der Waals surface area contributed by atoms with Crippen LogP contribution in [0, 0.1) is 0 Å². The summed E-state index contributed by atoms with van der Waals surface area (Å²) in [5.74, 6) is -2.51. The molecular formula is C18H20N2O3. The van der Waals surface area contributed by atoms with Crippen LogP contribution in [0.4, 0.5) is 5.69 Å². The maximum Gasteiger partial charge on any atom is 0.394 e. The van der Waals surface area contributed by atoms with Gasteiger partial charge in [-0.3, -0.25) is 4.79 Å². The monoisotopic (exact) mass is 312 g/mol. The SMILES string of the molecule is O=C(O)C(=O)Nc1cccc(CCCNCc2ccccc2)c1. The number of carboxylic acids is 1. The summed E-state index contributed by atoms with van der Waals surface area (Å²) in [6.45, 7) is 1.73. The number of aliphatic carboxylic acids is 1. The van der Waals surface area contributed by atoms with Crippen LogP contribution in [0.3, 0.4) is 0 Å². The fraction of sp³-hybridized carbons (Fsp3) is 0.222. The molecule has 0 saturated carbocycles. The Labute approximate surface area is 135 Å². The Morgan fingerprint density at radius 3 is 2.43 bits per heavy atom. The second-order valence-corrected chi connectivity index (χ2v) is 5.23. The summed E-state index contributed by atoms with van der Waals surface area (Å²) in [5, 5.41) is 14.3. The molecule has 5 nitrogen and oxygen atoms in total. The van der Waals surface area contributed by atoms with E-state index < -0.39 is 11.9 Å². The number of hydrogen-bond acceptors (Lipinski definition) is 3. The highest BCUT2D eigenvalue weighted by molar-refractivity contribution is 6.36. The molecule has 0 heterocycles. The zero-order valence-corrected chi connectivity index (χ0v) is 12.8. The highest BCUT2D eigenvalue weighted by Gasteiger charge is 2.10. The number of carbonyl (C=O) groups excluding carboxylic acids is 1. The molecule has 3 N–H and O–H groups in total. The summed E-state index contributed by atoms with van der Waals surface area (Å²) < 4.78 is 0. The normalized spacial score (nSPS) is 10.3. The van der Waals surface area contributed by atoms with Gasteiger partial charge >= 0.3 is 11.9 Å². The van der Waals surface area contributed by atoms with Gasteiger partial charge in [-0.25, -0.2) is 4.79 Å². The van der Waals surface area contributed by atoms with Gasteiger partial charge in [0.1, 0.15) is 0 Å². The Kier molecular flexibility index (Phi) is 6.32. The lowest BCUT2D eigenvalue weighted by Gasteiger charge is -2.07. The molecule has 0 aliphatic carbocycles. The van der Waals surface area contributed by atoms with E-state index >= 15 is 0 Å². The number of benzene rings is 2. The molecule has 0 aliphatic rings. The lowest BCUT2D eigenvalue weighted by atomic mass is 10.1. The van der Waals surface area contributed by atoms with Crippen molar-refractivity contribution in [3.8, 4) is 0 Å². The molecule has 0 aromatic heterocycles. The van der Waals surface area contributed by atoms with Crippen LogP contribution in [0.2, 0.25) is 0 Å². The Morgan fingerprint density at radius 2 is 1.70 bits per heavy atom. The van der Waals surface area contributed by atoms with Crippen LogP contribution >= 0.6 is 0 Å². The molecule has 0 radical (unpaired) electrons. The van der Waals surface area contributed by atoms with Crippen LogP contribution in [0.5, 0.6) is 0 Å². The second-order valence-electron chi connectivity index (χ2n) is 5.23. The Bertz CT molecular complexity index is 656. The Morgan fingerprint density at radius 1 is 0.957 bits per heavy atom. The lowest BCUT2D eigenvalue weighted by Crippen LogP contribution is -2.21. The van der Waals surface area contributed by atoms with Gasteiger partial charge < -0.3 is 15.7 Å². The fourth-order valence-electron chi connectivity index (χ4n) is 2.24. The molecular weight excluding hydrogens is 292 g/mol. The largest absolute Gasteiger partial charge is 0.474 e. The van der Waals surface area contributed by atoms with Crippen molar-refractivity contribution < 1.29 is 14.7 Å². The maximum absolute atomic E-state index is 11.1. The smallest absolute Gasteiger partial charge is 0.394 e. The second kappa shape index (κ2) is 8.70. The number of rotatable bonds is 7. The predicted molar refractivity (Wildman–Crippen MR) is 89.2 cm³/mol. The molecule has 0 unspecified atom stereocenters.